The predicted molar refractivity (Wildman–Crippen MR) is 93.0 cm³/mol. The van der Waals surface area contributed by atoms with Crippen molar-refractivity contribution in [3.05, 3.63) is 27.9 Å². The topological polar surface area (TPSA) is 49.3 Å². The first kappa shape index (κ1) is 15.1. The number of amides is 1. The van der Waals surface area contributed by atoms with E-state index < -0.39 is 0 Å². The summed E-state index contributed by atoms with van der Waals surface area (Å²) in [6.07, 6.45) is 4.05. The fraction of sp³-hybridized carbons (Fsp3) is 0.562. The van der Waals surface area contributed by atoms with Crippen LogP contribution in [0.5, 0.6) is 0 Å². The Morgan fingerprint density at radius 1 is 1.26 bits per heavy atom. The summed E-state index contributed by atoms with van der Waals surface area (Å²) < 4.78 is 0. The maximum atomic E-state index is 12.5. The molecule has 0 aromatic carbocycles. The van der Waals surface area contributed by atoms with E-state index in [0.717, 1.165) is 42.6 Å². The molecule has 0 aliphatic carbocycles. The Kier molecular flexibility index (Phi) is 4.07. The first-order chi connectivity index (χ1) is 11.2. The quantitative estimate of drug-likeness (QED) is 0.856. The molecule has 1 unspecified atom stereocenters. The Balaban J connectivity index is 1.41. The van der Waals surface area contributed by atoms with Crippen LogP contribution in [0.4, 0.5) is 5.13 Å². The van der Waals surface area contributed by atoms with E-state index in [1.165, 1.54) is 12.8 Å². The van der Waals surface area contributed by atoms with Gasteiger partial charge in [-0.1, -0.05) is 17.4 Å². The number of thiophene rings is 1. The fourth-order valence-electron chi connectivity index (χ4n) is 3.83. The molecule has 1 amide bonds. The number of rotatable bonds is 3. The molecule has 2 aliphatic heterocycles. The van der Waals surface area contributed by atoms with Crippen LogP contribution in [0.1, 0.15) is 24.1 Å². The van der Waals surface area contributed by atoms with Crippen LogP contribution < -0.4 is 4.90 Å². The van der Waals surface area contributed by atoms with E-state index in [4.69, 9.17) is 0 Å². The van der Waals surface area contributed by atoms with E-state index in [9.17, 15) is 4.79 Å². The molecule has 2 fully saturated rings. The van der Waals surface area contributed by atoms with Crippen molar-refractivity contribution < 1.29 is 4.79 Å². The lowest BCUT2D eigenvalue weighted by Crippen LogP contribution is -2.45. The van der Waals surface area contributed by atoms with Crippen LogP contribution in [-0.4, -0.2) is 47.2 Å². The standard InChI is InChI=1S/C16H20N4OS2/c21-14(9-13-3-1-8-22-13)19-7-5-16(10-19)4-2-6-20(11-16)15-18-17-12-23-15/h1,3,8,12H,2,4-7,9-11H2. The number of piperidine rings is 1. The molecular formula is C16H20N4OS2. The molecule has 2 aromatic heterocycles. The van der Waals surface area contributed by atoms with E-state index in [2.05, 4.69) is 20.0 Å². The Hall–Kier alpha value is -1.47. The molecule has 2 aliphatic rings. The summed E-state index contributed by atoms with van der Waals surface area (Å²) in [5.74, 6) is 0.275. The summed E-state index contributed by atoms with van der Waals surface area (Å²) in [4.78, 5) is 18.1. The zero-order valence-electron chi connectivity index (χ0n) is 13.0. The number of aromatic nitrogens is 2. The van der Waals surface area contributed by atoms with Crippen molar-refractivity contribution in [2.24, 2.45) is 5.41 Å². The van der Waals surface area contributed by atoms with Crippen LogP contribution >= 0.6 is 22.7 Å². The van der Waals surface area contributed by atoms with Gasteiger partial charge in [-0.3, -0.25) is 4.79 Å². The van der Waals surface area contributed by atoms with Crippen molar-refractivity contribution in [3.8, 4) is 0 Å². The predicted octanol–water partition coefficient (Wildman–Crippen LogP) is 2.66. The zero-order valence-corrected chi connectivity index (χ0v) is 14.6. The highest BCUT2D eigenvalue weighted by Gasteiger charge is 2.43. The second kappa shape index (κ2) is 6.20. The van der Waals surface area contributed by atoms with Gasteiger partial charge in [-0.2, -0.15) is 0 Å². The van der Waals surface area contributed by atoms with Crippen LogP contribution in [0.3, 0.4) is 0 Å². The normalized spacial score (nSPS) is 24.5. The minimum atomic E-state index is 0.245. The molecule has 7 heteroatoms. The van der Waals surface area contributed by atoms with Crippen LogP contribution in [0.25, 0.3) is 0 Å². The molecule has 2 saturated heterocycles. The Morgan fingerprint density at radius 3 is 3.00 bits per heavy atom. The molecule has 4 heterocycles. The highest BCUT2D eigenvalue weighted by atomic mass is 32.1. The van der Waals surface area contributed by atoms with Crippen molar-refractivity contribution in [3.63, 3.8) is 0 Å². The van der Waals surface area contributed by atoms with Crippen LogP contribution in [0.2, 0.25) is 0 Å². The van der Waals surface area contributed by atoms with Crippen molar-refractivity contribution in [2.75, 3.05) is 31.1 Å². The van der Waals surface area contributed by atoms with Crippen molar-refractivity contribution in [1.29, 1.82) is 0 Å². The third kappa shape index (κ3) is 3.12. The van der Waals surface area contributed by atoms with Gasteiger partial charge in [0, 0.05) is 36.5 Å². The molecule has 23 heavy (non-hydrogen) atoms. The lowest BCUT2D eigenvalue weighted by atomic mass is 9.79. The minimum absolute atomic E-state index is 0.245. The van der Waals surface area contributed by atoms with Crippen molar-refractivity contribution >= 4 is 33.7 Å². The van der Waals surface area contributed by atoms with Gasteiger partial charge in [0.2, 0.25) is 11.0 Å². The molecule has 5 nitrogen and oxygen atoms in total. The molecular weight excluding hydrogens is 328 g/mol. The lowest BCUT2D eigenvalue weighted by molar-refractivity contribution is -0.129. The summed E-state index contributed by atoms with van der Waals surface area (Å²) in [5.41, 5.74) is 2.04. The summed E-state index contributed by atoms with van der Waals surface area (Å²) in [6.45, 7) is 3.85. The first-order valence-corrected chi connectivity index (χ1v) is 9.81. The average molecular weight is 348 g/mol. The Bertz CT molecular complexity index is 658. The summed E-state index contributed by atoms with van der Waals surface area (Å²) in [5, 5.41) is 11.2. The number of likely N-dealkylation sites (tertiary alicyclic amines) is 1. The molecule has 0 saturated carbocycles. The van der Waals surface area contributed by atoms with Gasteiger partial charge in [-0.25, -0.2) is 0 Å². The highest BCUT2D eigenvalue weighted by Crippen LogP contribution is 2.40. The first-order valence-electron chi connectivity index (χ1n) is 8.05. The number of carbonyl (C=O) groups is 1. The monoisotopic (exact) mass is 348 g/mol. The molecule has 1 spiro atoms. The molecule has 122 valence electrons. The maximum absolute atomic E-state index is 12.5. The maximum Gasteiger partial charge on any atom is 0.227 e. The summed E-state index contributed by atoms with van der Waals surface area (Å²) in [7, 11) is 0. The summed E-state index contributed by atoms with van der Waals surface area (Å²) in [6, 6.07) is 4.06. The van der Waals surface area contributed by atoms with Gasteiger partial charge >= 0.3 is 0 Å². The third-order valence-corrected chi connectivity index (χ3v) is 6.60. The Morgan fingerprint density at radius 2 is 2.22 bits per heavy atom. The number of carbonyl (C=O) groups excluding carboxylic acids is 1. The van der Waals surface area contributed by atoms with Crippen LogP contribution in [-0.2, 0) is 11.2 Å². The number of anilines is 1. The Labute approximate surface area is 143 Å². The van der Waals surface area contributed by atoms with E-state index in [1.807, 2.05) is 17.5 Å². The fourth-order valence-corrected chi connectivity index (χ4v) is 5.11. The van der Waals surface area contributed by atoms with Crippen molar-refractivity contribution in [2.45, 2.75) is 25.7 Å². The van der Waals surface area contributed by atoms with Crippen LogP contribution in [0, 0.1) is 5.41 Å². The second-order valence-electron chi connectivity index (χ2n) is 6.57. The van der Waals surface area contributed by atoms with Gasteiger partial charge < -0.3 is 9.80 Å². The third-order valence-electron chi connectivity index (χ3n) is 4.98. The molecule has 0 bridgehead atoms. The van der Waals surface area contributed by atoms with Crippen LogP contribution in [0.15, 0.2) is 23.0 Å². The van der Waals surface area contributed by atoms with E-state index in [1.54, 1.807) is 28.2 Å². The molecule has 2 aromatic rings. The number of hydrogen-bond acceptors (Lipinski definition) is 6. The lowest BCUT2D eigenvalue weighted by Gasteiger charge is -2.40. The SMILES string of the molecule is O=C(Cc1cccs1)N1CCC2(CCCN(c3nncs3)C2)C1. The summed E-state index contributed by atoms with van der Waals surface area (Å²) >= 11 is 3.27. The average Bonchev–Trinajstić information content (AvgIpc) is 3.29. The van der Waals surface area contributed by atoms with E-state index >= 15 is 0 Å². The highest BCUT2D eigenvalue weighted by molar-refractivity contribution is 7.13. The van der Waals surface area contributed by atoms with Gasteiger partial charge in [-0.15, -0.1) is 21.5 Å². The number of nitrogens with zero attached hydrogens (tertiary/aromatic N) is 4. The molecule has 0 N–H and O–H groups in total. The van der Waals surface area contributed by atoms with Gasteiger partial charge in [0.1, 0.15) is 5.51 Å². The van der Waals surface area contributed by atoms with Gasteiger partial charge in [-0.05, 0) is 30.7 Å². The van der Waals surface area contributed by atoms with E-state index in [0.29, 0.717) is 6.42 Å². The molecule has 1 atom stereocenters. The largest absolute Gasteiger partial charge is 0.346 e. The zero-order chi connectivity index (χ0) is 15.7. The smallest absolute Gasteiger partial charge is 0.227 e. The number of hydrogen-bond donors (Lipinski definition) is 0. The second-order valence-corrected chi connectivity index (χ2v) is 8.41. The van der Waals surface area contributed by atoms with Gasteiger partial charge in [0.05, 0.1) is 6.42 Å². The van der Waals surface area contributed by atoms with Gasteiger partial charge in [0.25, 0.3) is 0 Å². The van der Waals surface area contributed by atoms with E-state index in [-0.39, 0.29) is 11.3 Å². The van der Waals surface area contributed by atoms with Gasteiger partial charge in [0.15, 0.2) is 0 Å². The molecule has 0 radical (unpaired) electrons. The van der Waals surface area contributed by atoms with Crippen molar-refractivity contribution in [1.82, 2.24) is 15.1 Å². The molecule has 4 rings (SSSR count). The minimum Gasteiger partial charge on any atom is -0.346 e.